The molecule has 0 amide bonds. The molecule has 0 bridgehead atoms. The Bertz CT molecular complexity index is 301. The molecule has 78 valence electrons. The van der Waals surface area contributed by atoms with Gasteiger partial charge in [-0.15, -0.1) is 0 Å². The van der Waals surface area contributed by atoms with Crippen LogP contribution in [0.2, 0.25) is 0 Å². The maximum Gasteiger partial charge on any atom is 0.122 e. The molecule has 2 nitrogen and oxygen atoms in total. The molecule has 0 saturated heterocycles. The maximum absolute atomic E-state index is 5.32. The summed E-state index contributed by atoms with van der Waals surface area (Å²) >= 11 is 3.47. The van der Waals surface area contributed by atoms with Gasteiger partial charge in [0, 0.05) is 11.0 Å². The van der Waals surface area contributed by atoms with Crippen molar-refractivity contribution in [1.82, 2.24) is 5.32 Å². The highest BCUT2D eigenvalue weighted by Crippen LogP contribution is 2.29. The molecule has 0 aliphatic carbocycles. The van der Waals surface area contributed by atoms with E-state index < -0.39 is 0 Å². The first-order valence-electron chi connectivity index (χ1n) is 4.67. The normalized spacial score (nSPS) is 12.6. The summed E-state index contributed by atoms with van der Waals surface area (Å²) in [4.78, 5) is 0. The highest BCUT2D eigenvalue weighted by Gasteiger charge is 2.10. The van der Waals surface area contributed by atoms with Gasteiger partial charge in [-0.3, -0.25) is 0 Å². The number of hydrogen-bond acceptors (Lipinski definition) is 2. The molecule has 3 heteroatoms. The summed E-state index contributed by atoms with van der Waals surface area (Å²) in [5.41, 5.74) is 1.23. The van der Waals surface area contributed by atoms with Crippen molar-refractivity contribution in [2.75, 3.05) is 20.7 Å². The molecule has 14 heavy (non-hydrogen) atoms. The SMILES string of the molecule is CNCC(C)c1cc(Br)ccc1OC. The van der Waals surface area contributed by atoms with Gasteiger partial charge in [0.2, 0.25) is 0 Å². The zero-order chi connectivity index (χ0) is 10.6. The fourth-order valence-corrected chi connectivity index (χ4v) is 1.89. The van der Waals surface area contributed by atoms with E-state index in [9.17, 15) is 0 Å². The predicted octanol–water partition coefficient (Wildman–Crippen LogP) is 2.78. The topological polar surface area (TPSA) is 21.3 Å². The molecule has 1 N–H and O–H groups in total. The zero-order valence-corrected chi connectivity index (χ0v) is 10.4. The second-order valence-corrected chi connectivity index (χ2v) is 4.26. The summed E-state index contributed by atoms with van der Waals surface area (Å²) in [5.74, 6) is 1.41. The van der Waals surface area contributed by atoms with Crippen molar-refractivity contribution in [2.24, 2.45) is 0 Å². The summed E-state index contributed by atoms with van der Waals surface area (Å²) in [7, 11) is 3.67. The molecule has 0 saturated carbocycles. The molecule has 1 atom stereocenters. The standard InChI is InChI=1S/C11H16BrNO/c1-8(7-13-2)10-6-9(12)4-5-11(10)14-3/h4-6,8,13H,7H2,1-3H3. The molecule has 1 unspecified atom stereocenters. The first-order chi connectivity index (χ1) is 6.69. The van der Waals surface area contributed by atoms with Gasteiger partial charge in [0.1, 0.15) is 5.75 Å². The Hall–Kier alpha value is -0.540. The number of benzene rings is 1. The van der Waals surface area contributed by atoms with Gasteiger partial charge in [0.05, 0.1) is 7.11 Å². The first kappa shape index (κ1) is 11.5. The van der Waals surface area contributed by atoms with Gasteiger partial charge in [0.15, 0.2) is 0 Å². The lowest BCUT2D eigenvalue weighted by Gasteiger charge is -2.15. The van der Waals surface area contributed by atoms with E-state index in [4.69, 9.17) is 4.74 Å². The quantitative estimate of drug-likeness (QED) is 0.896. The lowest BCUT2D eigenvalue weighted by molar-refractivity contribution is 0.405. The summed E-state index contributed by atoms with van der Waals surface area (Å²) in [6.07, 6.45) is 0. The van der Waals surface area contributed by atoms with Crippen molar-refractivity contribution in [2.45, 2.75) is 12.8 Å². The van der Waals surface area contributed by atoms with Gasteiger partial charge in [-0.2, -0.15) is 0 Å². The van der Waals surface area contributed by atoms with E-state index in [1.165, 1.54) is 5.56 Å². The van der Waals surface area contributed by atoms with E-state index in [0.29, 0.717) is 5.92 Å². The third-order valence-corrected chi connectivity index (χ3v) is 2.73. The molecule has 0 aromatic heterocycles. The van der Waals surface area contributed by atoms with Crippen LogP contribution in [0, 0.1) is 0 Å². The van der Waals surface area contributed by atoms with Crippen LogP contribution in [-0.4, -0.2) is 20.7 Å². The van der Waals surface area contributed by atoms with Gasteiger partial charge < -0.3 is 10.1 Å². The Morgan fingerprint density at radius 3 is 2.79 bits per heavy atom. The largest absolute Gasteiger partial charge is 0.496 e. The van der Waals surface area contributed by atoms with Crippen LogP contribution in [0.3, 0.4) is 0 Å². The fourth-order valence-electron chi connectivity index (χ4n) is 1.51. The first-order valence-corrected chi connectivity index (χ1v) is 5.46. The summed E-state index contributed by atoms with van der Waals surface area (Å²) < 4.78 is 6.41. The fraction of sp³-hybridized carbons (Fsp3) is 0.455. The minimum Gasteiger partial charge on any atom is -0.496 e. The van der Waals surface area contributed by atoms with Crippen molar-refractivity contribution in [3.63, 3.8) is 0 Å². The second kappa shape index (κ2) is 5.37. The van der Waals surface area contributed by atoms with Gasteiger partial charge in [-0.25, -0.2) is 0 Å². The molecule has 0 aliphatic heterocycles. The summed E-state index contributed by atoms with van der Waals surface area (Å²) in [5, 5.41) is 3.17. The Kier molecular flexibility index (Phi) is 4.42. The highest BCUT2D eigenvalue weighted by atomic mass is 79.9. The smallest absolute Gasteiger partial charge is 0.122 e. The van der Waals surface area contributed by atoms with Gasteiger partial charge in [0.25, 0.3) is 0 Å². The monoisotopic (exact) mass is 257 g/mol. The number of hydrogen-bond donors (Lipinski definition) is 1. The number of likely N-dealkylation sites (N-methyl/N-ethyl adjacent to an activating group) is 1. The molecule has 0 spiro atoms. The van der Waals surface area contributed by atoms with Crippen molar-refractivity contribution in [3.05, 3.63) is 28.2 Å². The second-order valence-electron chi connectivity index (χ2n) is 3.34. The summed E-state index contributed by atoms with van der Waals surface area (Å²) in [6.45, 7) is 3.13. The Morgan fingerprint density at radius 1 is 1.50 bits per heavy atom. The van der Waals surface area contributed by atoms with E-state index in [1.54, 1.807) is 7.11 Å². The van der Waals surface area contributed by atoms with E-state index >= 15 is 0 Å². The molecule has 0 radical (unpaired) electrons. The highest BCUT2D eigenvalue weighted by molar-refractivity contribution is 9.10. The summed E-state index contributed by atoms with van der Waals surface area (Å²) in [6, 6.07) is 6.10. The molecule has 0 heterocycles. The third-order valence-electron chi connectivity index (χ3n) is 2.23. The average Bonchev–Trinajstić information content (AvgIpc) is 2.18. The van der Waals surface area contributed by atoms with Crippen LogP contribution >= 0.6 is 15.9 Å². The Labute approximate surface area is 93.8 Å². The molecule has 1 aromatic rings. The van der Waals surface area contributed by atoms with Crippen molar-refractivity contribution in [3.8, 4) is 5.75 Å². The van der Waals surface area contributed by atoms with E-state index in [1.807, 2.05) is 19.2 Å². The van der Waals surface area contributed by atoms with Crippen molar-refractivity contribution in [1.29, 1.82) is 0 Å². The van der Waals surface area contributed by atoms with E-state index in [0.717, 1.165) is 16.8 Å². The number of methoxy groups -OCH3 is 1. The lowest BCUT2D eigenvalue weighted by Crippen LogP contribution is -2.15. The van der Waals surface area contributed by atoms with E-state index in [2.05, 4.69) is 34.2 Å². The molecule has 1 rings (SSSR count). The predicted molar refractivity (Wildman–Crippen MR) is 63.0 cm³/mol. The number of nitrogens with one attached hydrogen (secondary N) is 1. The Morgan fingerprint density at radius 2 is 2.21 bits per heavy atom. The number of ether oxygens (including phenoxy) is 1. The van der Waals surface area contributed by atoms with Gasteiger partial charge in [-0.05, 0) is 36.7 Å². The maximum atomic E-state index is 5.32. The Balaban J connectivity index is 2.97. The van der Waals surface area contributed by atoms with Crippen LogP contribution in [-0.2, 0) is 0 Å². The van der Waals surface area contributed by atoms with E-state index in [-0.39, 0.29) is 0 Å². The third kappa shape index (κ3) is 2.72. The van der Waals surface area contributed by atoms with Crippen LogP contribution in [0.4, 0.5) is 0 Å². The minimum atomic E-state index is 0.451. The number of rotatable bonds is 4. The molecule has 0 aliphatic rings. The molecular formula is C11H16BrNO. The van der Waals surface area contributed by atoms with Crippen LogP contribution in [0.5, 0.6) is 5.75 Å². The average molecular weight is 258 g/mol. The molecule has 1 aromatic carbocycles. The molecular weight excluding hydrogens is 242 g/mol. The lowest BCUT2D eigenvalue weighted by atomic mass is 10.0. The van der Waals surface area contributed by atoms with Crippen LogP contribution in [0.25, 0.3) is 0 Å². The van der Waals surface area contributed by atoms with Crippen LogP contribution < -0.4 is 10.1 Å². The number of halogens is 1. The van der Waals surface area contributed by atoms with Gasteiger partial charge in [-0.1, -0.05) is 22.9 Å². The van der Waals surface area contributed by atoms with Crippen molar-refractivity contribution < 1.29 is 4.74 Å². The van der Waals surface area contributed by atoms with Crippen LogP contribution in [0.1, 0.15) is 18.4 Å². The van der Waals surface area contributed by atoms with Crippen molar-refractivity contribution >= 4 is 15.9 Å². The van der Waals surface area contributed by atoms with Crippen LogP contribution in [0.15, 0.2) is 22.7 Å². The van der Waals surface area contributed by atoms with Gasteiger partial charge >= 0.3 is 0 Å². The zero-order valence-electron chi connectivity index (χ0n) is 8.80. The molecule has 0 fully saturated rings. The minimum absolute atomic E-state index is 0.451.